The molecule has 192 valence electrons. The topological polar surface area (TPSA) is 71.3 Å². The SMILES string of the molecule is O=C(CC(F)(F)F)N[C@@H](CCN1CCC(c2nc(Cc3ccc(F)cc3)no2)CC1)c1ccccc1. The normalized spacial score (nSPS) is 16.1. The fourth-order valence-corrected chi connectivity index (χ4v) is 4.44. The van der Waals surface area contributed by atoms with Crippen LogP contribution in [0.4, 0.5) is 17.6 Å². The maximum atomic E-state index is 13.1. The van der Waals surface area contributed by atoms with Crippen LogP contribution < -0.4 is 5.32 Å². The first kappa shape index (κ1) is 25.8. The number of piperidine rings is 1. The summed E-state index contributed by atoms with van der Waals surface area (Å²) in [6.07, 6.45) is -3.44. The van der Waals surface area contributed by atoms with Crippen molar-refractivity contribution in [3.63, 3.8) is 0 Å². The largest absolute Gasteiger partial charge is 0.397 e. The Hall–Kier alpha value is -3.27. The zero-order valence-electron chi connectivity index (χ0n) is 19.7. The predicted molar refractivity (Wildman–Crippen MR) is 125 cm³/mol. The van der Waals surface area contributed by atoms with Gasteiger partial charge in [0, 0.05) is 18.9 Å². The lowest BCUT2D eigenvalue weighted by molar-refractivity contribution is -0.154. The van der Waals surface area contributed by atoms with Crippen molar-refractivity contribution in [2.45, 2.75) is 50.2 Å². The Labute approximate surface area is 206 Å². The highest BCUT2D eigenvalue weighted by Gasteiger charge is 2.32. The van der Waals surface area contributed by atoms with Crippen LogP contribution in [0, 0.1) is 5.82 Å². The molecule has 36 heavy (non-hydrogen) atoms. The van der Waals surface area contributed by atoms with Gasteiger partial charge in [-0.2, -0.15) is 18.2 Å². The van der Waals surface area contributed by atoms with Gasteiger partial charge in [-0.1, -0.05) is 47.6 Å². The molecule has 0 saturated carbocycles. The summed E-state index contributed by atoms with van der Waals surface area (Å²) in [6, 6.07) is 14.7. The number of halogens is 4. The summed E-state index contributed by atoms with van der Waals surface area (Å²) in [5.74, 6) is -0.0409. The molecule has 1 aliphatic heterocycles. The number of alkyl halides is 3. The minimum absolute atomic E-state index is 0.132. The van der Waals surface area contributed by atoms with Gasteiger partial charge in [0.1, 0.15) is 12.2 Å². The van der Waals surface area contributed by atoms with Crippen molar-refractivity contribution in [1.29, 1.82) is 0 Å². The molecule has 0 unspecified atom stereocenters. The second kappa shape index (κ2) is 11.6. The number of likely N-dealkylation sites (tertiary alicyclic amines) is 1. The minimum atomic E-state index is -4.54. The average molecular weight is 505 g/mol. The van der Waals surface area contributed by atoms with Gasteiger partial charge in [-0.25, -0.2) is 4.39 Å². The van der Waals surface area contributed by atoms with E-state index in [4.69, 9.17) is 4.52 Å². The lowest BCUT2D eigenvalue weighted by Gasteiger charge is -2.31. The molecule has 1 aliphatic rings. The molecule has 6 nitrogen and oxygen atoms in total. The van der Waals surface area contributed by atoms with Crippen LogP contribution >= 0.6 is 0 Å². The van der Waals surface area contributed by atoms with Crippen molar-refractivity contribution >= 4 is 5.91 Å². The van der Waals surface area contributed by atoms with Gasteiger partial charge in [-0.15, -0.1) is 0 Å². The fraction of sp³-hybridized carbons (Fsp3) is 0.423. The van der Waals surface area contributed by atoms with Gasteiger partial charge in [0.25, 0.3) is 0 Å². The first-order chi connectivity index (χ1) is 17.2. The van der Waals surface area contributed by atoms with E-state index in [1.807, 2.05) is 18.2 Å². The third-order valence-corrected chi connectivity index (χ3v) is 6.33. The van der Waals surface area contributed by atoms with E-state index < -0.39 is 24.5 Å². The Balaban J connectivity index is 1.28. The van der Waals surface area contributed by atoms with E-state index in [2.05, 4.69) is 20.4 Å². The Bertz CT molecular complexity index is 1110. The van der Waals surface area contributed by atoms with E-state index in [0.29, 0.717) is 31.1 Å². The van der Waals surface area contributed by atoms with E-state index >= 15 is 0 Å². The molecule has 10 heteroatoms. The Morgan fingerprint density at radius 1 is 1.08 bits per heavy atom. The highest BCUT2D eigenvalue weighted by Crippen LogP contribution is 2.28. The number of hydrogen-bond acceptors (Lipinski definition) is 5. The van der Waals surface area contributed by atoms with Crippen LogP contribution in [0.15, 0.2) is 59.1 Å². The summed E-state index contributed by atoms with van der Waals surface area (Å²) in [7, 11) is 0. The molecule has 1 fully saturated rings. The van der Waals surface area contributed by atoms with Crippen molar-refractivity contribution < 1.29 is 26.9 Å². The van der Waals surface area contributed by atoms with Gasteiger partial charge in [-0.05, 0) is 55.6 Å². The average Bonchev–Trinajstić information content (AvgIpc) is 3.31. The summed E-state index contributed by atoms with van der Waals surface area (Å²) in [4.78, 5) is 18.7. The number of aromatic nitrogens is 2. The van der Waals surface area contributed by atoms with Gasteiger partial charge < -0.3 is 14.7 Å². The molecule has 0 bridgehead atoms. The number of rotatable bonds is 9. The summed E-state index contributed by atoms with van der Waals surface area (Å²) in [5.41, 5.74) is 1.68. The zero-order valence-corrected chi connectivity index (χ0v) is 19.7. The maximum Gasteiger partial charge on any atom is 0.397 e. The zero-order chi connectivity index (χ0) is 25.5. The quantitative estimate of drug-likeness (QED) is 0.407. The summed E-state index contributed by atoms with van der Waals surface area (Å²) in [5, 5.41) is 6.61. The monoisotopic (exact) mass is 504 g/mol. The Morgan fingerprint density at radius 3 is 2.44 bits per heavy atom. The van der Waals surface area contributed by atoms with E-state index in [1.54, 1.807) is 24.3 Å². The van der Waals surface area contributed by atoms with Crippen molar-refractivity contribution in [2.75, 3.05) is 19.6 Å². The smallest absolute Gasteiger partial charge is 0.349 e. The van der Waals surface area contributed by atoms with Crippen LogP contribution in [-0.2, 0) is 11.2 Å². The van der Waals surface area contributed by atoms with Crippen LogP contribution in [-0.4, -0.2) is 46.8 Å². The molecular weight excluding hydrogens is 476 g/mol. The van der Waals surface area contributed by atoms with Gasteiger partial charge in [0.2, 0.25) is 11.8 Å². The highest BCUT2D eigenvalue weighted by molar-refractivity contribution is 5.77. The van der Waals surface area contributed by atoms with E-state index in [0.717, 1.165) is 37.1 Å². The predicted octanol–water partition coefficient (Wildman–Crippen LogP) is 5.18. The number of nitrogens with zero attached hydrogens (tertiary/aromatic N) is 3. The van der Waals surface area contributed by atoms with Crippen molar-refractivity contribution in [3.8, 4) is 0 Å². The molecule has 1 saturated heterocycles. The molecule has 4 rings (SSSR count). The molecule has 2 aromatic carbocycles. The summed E-state index contributed by atoms with van der Waals surface area (Å²) < 4.78 is 56.5. The molecule has 0 radical (unpaired) electrons. The van der Waals surface area contributed by atoms with Crippen LogP contribution in [0.1, 0.15) is 60.5 Å². The van der Waals surface area contributed by atoms with Crippen LogP contribution in [0.25, 0.3) is 0 Å². The van der Waals surface area contributed by atoms with Gasteiger partial charge in [-0.3, -0.25) is 4.79 Å². The highest BCUT2D eigenvalue weighted by atomic mass is 19.4. The van der Waals surface area contributed by atoms with E-state index in [9.17, 15) is 22.4 Å². The van der Waals surface area contributed by atoms with Crippen LogP contribution in [0.2, 0.25) is 0 Å². The lowest BCUT2D eigenvalue weighted by atomic mass is 9.96. The van der Waals surface area contributed by atoms with Crippen LogP contribution in [0.5, 0.6) is 0 Å². The van der Waals surface area contributed by atoms with Crippen molar-refractivity contribution in [3.05, 3.63) is 83.3 Å². The maximum absolute atomic E-state index is 13.1. The number of carbonyl (C=O) groups is 1. The second-order valence-corrected chi connectivity index (χ2v) is 9.08. The molecule has 0 spiro atoms. The van der Waals surface area contributed by atoms with Crippen molar-refractivity contribution in [1.82, 2.24) is 20.4 Å². The molecule has 1 atom stereocenters. The minimum Gasteiger partial charge on any atom is -0.349 e. The number of nitrogens with one attached hydrogen (secondary N) is 1. The number of hydrogen-bond donors (Lipinski definition) is 1. The first-order valence-corrected chi connectivity index (χ1v) is 12.0. The fourth-order valence-electron chi connectivity index (χ4n) is 4.44. The van der Waals surface area contributed by atoms with Crippen LogP contribution in [0.3, 0.4) is 0 Å². The first-order valence-electron chi connectivity index (χ1n) is 12.0. The second-order valence-electron chi connectivity index (χ2n) is 9.08. The molecule has 3 aromatic rings. The third kappa shape index (κ3) is 7.61. The Kier molecular flexibility index (Phi) is 8.35. The molecule has 1 amide bonds. The Morgan fingerprint density at radius 2 is 1.78 bits per heavy atom. The molecular formula is C26H28F4N4O2. The van der Waals surface area contributed by atoms with Crippen molar-refractivity contribution in [2.24, 2.45) is 0 Å². The summed E-state index contributed by atoms with van der Waals surface area (Å²) in [6.45, 7) is 2.19. The molecule has 1 N–H and O–H groups in total. The molecule has 0 aliphatic carbocycles. The van der Waals surface area contributed by atoms with Gasteiger partial charge >= 0.3 is 6.18 Å². The standard InChI is InChI=1S/C26H28F4N4O2/c27-21-8-6-18(7-9-21)16-23-32-25(36-33-23)20-10-13-34(14-11-20)15-12-22(19-4-2-1-3-5-19)31-24(35)17-26(28,29)30/h1-9,20,22H,10-17H2,(H,31,35)/t22-/m0/s1. The third-order valence-electron chi connectivity index (χ3n) is 6.33. The number of amides is 1. The molecule has 1 aromatic heterocycles. The lowest BCUT2D eigenvalue weighted by Crippen LogP contribution is -2.37. The summed E-state index contributed by atoms with van der Waals surface area (Å²) >= 11 is 0. The number of carbonyl (C=O) groups excluding carboxylic acids is 1. The van der Waals surface area contributed by atoms with Gasteiger partial charge in [0.15, 0.2) is 5.82 Å². The van der Waals surface area contributed by atoms with Gasteiger partial charge in [0.05, 0.1) is 6.04 Å². The number of benzene rings is 2. The molecule has 2 heterocycles. The van der Waals surface area contributed by atoms with E-state index in [1.165, 1.54) is 12.1 Å². The van der Waals surface area contributed by atoms with E-state index in [-0.39, 0.29) is 11.7 Å².